The minimum Gasteiger partial charge on any atom is -0.474 e. The van der Waals surface area contributed by atoms with Crippen LogP contribution in [0.1, 0.15) is 19.8 Å². The summed E-state index contributed by atoms with van der Waals surface area (Å²) in [7, 11) is 0. The Bertz CT molecular complexity index is 183. The molecule has 1 amide bonds. The van der Waals surface area contributed by atoms with E-state index in [0.29, 0.717) is 0 Å². The summed E-state index contributed by atoms with van der Waals surface area (Å²) in [5.41, 5.74) is -0.227. The van der Waals surface area contributed by atoms with Crippen molar-refractivity contribution in [1.82, 2.24) is 5.32 Å². The van der Waals surface area contributed by atoms with Gasteiger partial charge in [0.05, 0.1) is 0 Å². The van der Waals surface area contributed by atoms with E-state index in [2.05, 4.69) is 5.32 Å². The van der Waals surface area contributed by atoms with Crippen LogP contribution in [0.15, 0.2) is 0 Å². The lowest BCUT2D eigenvalue weighted by atomic mass is 10.3. The smallest absolute Gasteiger partial charge is 0.394 e. The first-order valence-corrected chi connectivity index (χ1v) is 3.09. The molecule has 56 valence electrons. The molecule has 0 radical (unpaired) electrons. The number of carbonyl (C=O) groups excluding carboxylic acids is 1. The molecule has 0 aromatic heterocycles. The van der Waals surface area contributed by atoms with E-state index in [4.69, 9.17) is 5.11 Å². The van der Waals surface area contributed by atoms with Gasteiger partial charge >= 0.3 is 11.9 Å². The van der Waals surface area contributed by atoms with Gasteiger partial charge in [-0.2, -0.15) is 0 Å². The van der Waals surface area contributed by atoms with Gasteiger partial charge < -0.3 is 10.4 Å². The fourth-order valence-corrected chi connectivity index (χ4v) is 0.640. The van der Waals surface area contributed by atoms with Crippen LogP contribution in [0.4, 0.5) is 0 Å². The van der Waals surface area contributed by atoms with Crippen molar-refractivity contribution in [2.75, 3.05) is 0 Å². The average molecular weight is 143 g/mol. The number of carboxylic acid groups (broad SMARTS) is 1. The molecule has 0 unspecified atom stereocenters. The zero-order valence-corrected chi connectivity index (χ0v) is 5.68. The van der Waals surface area contributed by atoms with Gasteiger partial charge in [-0.05, 0) is 19.8 Å². The number of carboxylic acids is 1. The molecule has 0 heterocycles. The maximum absolute atomic E-state index is 10.5. The Hall–Kier alpha value is -1.06. The lowest BCUT2D eigenvalue weighted by molar-refractivity contribution is -0.150. The maximum atomic E-state index is 10.5. The summed E-state index contributed by atoms with van der Waals surface area (Å²) in [5, 5.41) is 10.6. The molecule has 1 rings (SSSR count). The Kier molecular flexibility index (Phi) is 1.39. The van der Waals surface area contributed by atoms with Gasteiger partial charge in [0.25, 0.3) is 0 Å². The predicted octanol–water partition coefficient (Wildman–Crippen LogP) is -0.260. The summed E-state index contributed by atoms with van der Waals surface area (Å²) in [6.07, 6.45) is 1.76. The molecule has 1 aliphatic carbocycles. The summed E-state index contributed by atoms with van der Waals surface area (Å²) < 4.78 is 0. The van der Waals surface area contributed by atoms with E-state index in [0.717, 1.165) is 12.8 Å². The van der Waals surface area contributed by atoms with Crippen LogP contribution in [0.5, 0.6) is 0 Å². The Balaban J connectivity index is 2.39. The molecule has 0 aliphatic heterocycles. The molecule has 0 aromatic rings. The topological polar surface area (TPSA) is 66.4 Å². The van der Waals surface area contributed by atoms with Gasteiger partial charge in [-0.15, -0.1) is 0 Å². The summed E-state index contributed by atoms with van der Waals surface area (Å²) in [4.78, 5) is 20.5. The molecule has 0 saturated heterocycles. The van der Waals surface area contributed by atoms with Gasteiger partial charge in [-0.3, -0.25) is 4.79 Å². The van der Waals surface area contributed by atoms with Gasteiger partial charge in [0.2, 0.25) is 0 Å². The van der Waals surface area contributed by atoms with Crippen LogP contribution in [-0.4, -0.2) is 22.5 Å². The van der Waals surface area contributed by atoms with Gasteiger partial charge in [-0.25, -0.2) is 4.79 Å². The normalized spacial score (nSPS) is 19.7. The van der Waals surface area contributed by atoms with Crippen LogP contribution < -0.4 is 5.32 Å². The molecule has 2 N–H and O–H groups in total. The predicted molar refractivity (Wildman–Crippen MR) is 33.4 cm³/mol. The standard InChI is InChI=1S/C6H9NO3/c1-6(2-3-6)7-4(8)5(9)10/h2-3H2,1H3,(H,7,8)(H,9,10). The van der Waals surface area contributed by atoms with Crippen molar-refractivity contribution in [1.29, 1.82) is 0 Å². The second-order valence-corrected chi connectivity index (χ2v) is 2.82. The number of carbonyl (C=O) groups is 2. The van der Waals surface area contributed by atoms with Crippen molar-refractivity contribution < 1.29 is 14.7 Å². The van der Waals surface area contributed by atoms with Crippen LogP contribution in [0.3, 0.4) is 0 Å². The molecule has 1 fully saturated rings. The van der Waals surface area contributed by atoms with Crippen LogP contribution in [0, 0.1) is 0 Å². The molecule has 10 heavy (non-hydrogen) atoms. The second-order valence-electron chi connectivity index (χ2n) is 2.82. The first-order chi connectivity index (χ1) is 4.53. The molecule has 1 aliphatic rings. The Morgan fingerprint density at radius 3 is 2.30 bits per heavy atom. The minimum atomic E-state index is -1.41. The number of hydrogen-bond donors (Lipinski definition) is 2. The quantitative estimate of drug-likeness (QED) is 0.497. The largest absolute Gasteiger partial charge is 0.474 e. The molecule has 4 heteroatoms. The van der Waals surface area contributed by atoms with Crippen LogP contribution in [-0.2, 0) is 9.59 Å². The monoisotopic (exact) mass is 143 g/mol. The highest BCUT2D eigenvalue weighted by Gasteiger charge is 2.39. The average Bonchev–Trinajstić information content (AvgIpc) is 2.47. The fourth-order valence-electron chi connectivity index (χ4n) is 0.640. The van der Waals surface area contributed by atoms with Crippen molar-refractivity contribution in [2.45, 2.75) is 25.3 Å². The third kappa shape index (κ3) is 1.46. The van der Waals surface area contributed by atoms with Crippen molar-refractivity contribution in [2.24, 2.45) is 0 Å². The summed E-state index contributed by atoms with van der Waals surface area (Å²) in [5.74, 6) is -2.31. The van der Waals surface area contributed by atoms with Crippen molar-refractivity contribution in [3.05, 3.63) is 0 Å². The van der Waals surface area contributed by atoms with E-state index in [1.807, 2.05) is 6.92 Å². The van der Waals surface area contributed by atoms with Crippen molar-refractivity contribution in [3.8, 4) is 0 Å². The van der Waals surface area contributed by atoms with Crippen LogP contribution >= 0.6 is 0 Å². The molecular weight excluding hydrogens is 134 g/mol. The first kappa shape index (κ1) is 7.05. The lowest BCUT2D eigenvalue weighted by Crippen LogP contribution is -2.38. The van der Waals surface area contributed by atoms with Crippen LogP contribution in [0.2, 0.25) is 0 Å². The maximum Gasteiger partial charge on any atom is 0.394 e. The van der Waals surface area contributed by atoms with E-state index in [1.165, 1.54) is 0 Å². The first-order valence-electron chi connectivity index (χ1n) is 3.09. The van der Waals surface area contributed by atoms with E-state index in [9.17, 15) is 9.59 Å². The molecule has 1 saturated carbocycles. The van der Waals surface area contributed by atoms with Gasteiger partial charge in [0.1, 0.15) is 0 Å². The molecule has 0 atom stereocenters. The molecule has 0 aromatic carbocycles. The highest BCUT2D eigenvalue weighted by Crippen LogP contribution is 2.33. The third-order valence-corrected chi connectivity index (χ3v) is 1.61. The minimum absolute atomic E-state index is 0.227. The summed E-state index contributed by atoms with van der Waals surface area (Å²) in [6.45, 7) is 1.83. The molecule has 4 nitrogen and oxygen atoms in total. The SMILES string of the molecule is CC1(NC(=O)C(=O)O)CC1. The van der Waals surface area contributed by atoms with Crippen LogP contribution in [0.25, 0.3) is 0 Å². The number of nitrogens with one attached hydrogen (secondary N) is 1. The van der Waals surface area contributed by atoms with Crippen molar-refractivity contribution >= 4 is 11.9 Å². The zero-order chi connectivity index (χ0) is 7.78. The Morgan fingerprint density at radius 1 is 1.50 bits per heavy atom. The van der Waals surface area contributed by atoms with Gasteiger partial charge in [0, 0.05) is 5.54 Å². The van der Waals surface area contributed by atoms with E-state index in [-0.39, 0.29) is 5.54 Å². The Morgan fingerprint density at radius 2 is 2.00 bits per heavy atom. The van der Waals surface area contributed by atoms with Gasteiger partial charge in [0.15, 0.2) is 0 Å². The number of aliphatic carboxylic acids is 1. The van der Waals surface area contributed by atoms with Crippen molar-refractivity contribution in [3.63, 3.8) is 0 Å². The lowest BCUT2D eigenvalue weighted by Gasteiger charge is -2.07. The zero-order valence-electron chi connectivity index (χ0n) is 5.68. The summed E-state index contributed by atoms with van der Waals surface area (Å²) >= 11 is 0. The van der Waals surface area contributed by atoms with E-state index in [1.54, 1.807) is 0 Å². The van der Waals surface area contributed by atoms with Gasteiger partial charge in [-0.1, -0.05) is 0 Å². The Labute approximate surface area is 58.2 Å². The number of rotatable bonds is 1. The number of amides is 1. The highest BCUT2D eigenvalue weighted by molar-refractivity contribution is 6.31. The molecule has 0 bridgehead atoms. The molecule has 0 spiro atoms. The van der Waals surface area contributed by atoms with E-state index >= 15 is 0 Å². The molecular formula is C6H9NO3. The fraction of sp³-hybridized carbons (Fsp3) is 0.667. The highest BCUT2D eigenvalue weighted by atomic mass is 16.4. The third-order valence-electron chi connectivity index (χ3n) is 1.61. The van der Waals surface area contributed by atoms with E-state index < -0.39 is 11.9 Å². The summed E-state index contributed by atoms with van der Waals surface area (Å²) in [6, 6.07) is 0. The number of hydrogen-bond acceptors (Lipinski definition) is 2. The second kappa shape index (κ2) is 1.97.